The van der Waals surface area contributed by atoms with Crippen molar-refractivity contribution in [3.05, 3.63) is 53.1 Å². The van der Waals surface area contributed by atoms with E-state index in [1.54, 1.807) is 12.1 Å². The SMILES string of the molecule is COc1cc(C)c(C)cc1S(=O)(=O)NCCc1ccc(N2CCN(C)CC2)cc1. The largest absolute Gasteiger partial charge is 0.495 e. The lowest BCUT2D eigenvalue weighted by atomic mass is 10.1. The Kier molecular flexibility index (Phi) is 6.82. The van der Waals surface area contributed by atoms with Gasteiger partial charge < -0.3 is 14.5 Å². The van der Waals surface area contributed by atoms with Gasteiger partial charge in [0.2, 0.25) is 10.0 Å². The van der Waals surface area contributed by atoms with Crippen molar-refractivity contribution in [1.29, 1.82) is 0 Å². The number of nitrogens with zero attached hydrogens (tertiary/aromatic N) is 2. The van der Waals surface area contributed by atoms with Crippen molar-refractivity contribution in [2.75, 3.05) is 51.8 Å². The van der Waals surface area contributed by atoms with Crippen LogP contribution >= 0.6 is 0 Å². The van der Waals surface area contributed by atoms with Gasteiger partial charge in [-0.05, 0) is 68.3 Å². The lowest BCUT2D eigenvalue weighted by molar-refractivity contribution is 0.313. The van der Waals surface area contributed by atoms with E-state index in [1.807, 2.05) is 13.8 Å². The second kappa shape index (κ2) is 9.15. The van der Waals surface area contributed by atoms with Gasteiger partial charge in [-0.25, -0.2) is 13.1 Å². The van der Waals surface area contributed by atoms with E-state index in [2.05, 4.69) is 45.8 Å². The summed E-state index contributed by atoms with van der Waals surface area (Å²) in [6.07, 6.45) is 0.634. The molecular formula is C22H31N3O3S. The predicted molar refractivity (Wildman–Crippen MR) is 118 cm³/mol. The predicted octanol–water partition coefficient (Wildman–Crippen LogP) is 2.58. The molecule has 2 aromatic rings. The molecule has 158 valence electrons. The average Bonchev–Trinajstić information content (AvgIpc) is 2.70. The van der Waals surface area contributed by atoms with E-state index < -0.39 is 10.0 Å². The number of nitrogens with one attached hydrogen (secondary N) is 1. The molecule has 29 heavy (non-hydrogen) atoms. The number of benzene rings is 2. The number of ether oxygens (including phenoxy) is 1. The van der Waals surface area contributed by atoms with Crippen LogP contribution in [0.5, 0.6) is 5.75 Å². The molecule has 1 saturated heterocycles. The van der Waals surface area contributed by atoms with Crippen LogP contribution in [0.1, 0.15) is 16.7 Å². The van der Waals surface area contributed by atoms with Crippen molar-refractivity contribution in [3.8, 4) is 5.75 Å². The zero-order valence-electron chi connectivity index (χ0n) is 17.7. The first kappa shape index (κ1) is 21.6. The number of sulfonamides is 1. The Hall–Kier alpha value is -2.09. The summed E-state index contributed by atoms with van der Waals surface area (Å²) in [6.45, 7) is 8.40. The number of piperazine rings is 1. The van der Waals surface area contributed by atoms with Gasteiger partial charge in [-0.2, -0.15) is 0 Å². The van der Waals surface area contributed by atoms with Gasteiger partial charge >= 0.3 is 0 Å². The molecule has 1 N–H and O–H groups in total. The van der Waals surface area contributed by atoms with E-state index in [-0.39, 0.29) is 4.90 Å². The molecule has 7 heteroatoms. The second-order valence-electron chi connectivity index (χ2n) is 7.69. The van der Waals surface area contributed by atoms with Gasteiger partial charge in [0.25, 0.3) is 0 Å². The molecule has 1 heterocycles. The van der Waals surface area contributed by atoms with E-state index in [4.69, 9.17) is 4.74 Å². The second-order valence-corrected chi connectivity index (χ2v) is 9.43. The van der Waals surface area contributed by atoms with E-state index in [9.17, 15) is 8.42 Å². The Bertz CT molecular complexity index is 935. The fourth-order valence-corrected chi connectivity index (χ4v) is 4.74. The molecule has 1 fully saturated rings. The summed E-state index contributed by atoms with van der Waals surface area (Å²) in [4.78, 5) is 4.91. The van der Waals surface area contributed by atoms with Gasteiger partial charge in [0.05, 0.1) is 7.11 Å². The maximum atomic E-state index is 12.8. The van der Waals surface area contributed by atoms with Crippen LogP contribution in [0.15, 0.2) is 41.3 Å². The molecular weight excluding hydrogens is 386 g/mol. The van der Waals surface area contributed by atoms with Gasteiger partial charge in [-0.15, -0.1) is 0 Å². The Morgan fingerprint density at radius 2 is 1.62 bits per heavy atom. The first-order valence-electron chi connectivity index (χ1n) is 9.97. The Morgan fingerprint density at radius 3 is 2.24 bits per heavy atom. The molecule has 0 unspecified atom stereocenters. The maximum Gasteiger partial charge on any atom is 0.244 e. The zero-order chi connectivity index (χ0) is 21.0. The van der Waals surface area contributed by atoms with Crippen LogP contribution in [0.25, 0.3) is 0 Å². The number of likely N-dealkylation sites (N-methyl/N-ethyl adjacent to an activating group) is 1. The summed E-state index contributed by atoms with van der Waals surface area (Å²) >= 11 is 0. The first-order valence-corrected chi connectivity index (χ1v) is 11.5. The number of hydrogen-bond acceptors (Lipinski definition) is 5. The highest BCUT2D eigenvalue weighted by Gasteiger charge is 2.20. The molecule has 1 aliphatic rings. The van der Waals surface area contributed by atoms with Crippen molar-refractivity contribution in [3.63, 3.8) is 0 Å². The van der Waals surface area contributed by atoms with Gasteiger partial charge in [0.1, 0.15) is 10.6 Å². The number of aryl methyl sites for hydroxylation is 2. The van der Waals surface area contributed by atoms with Crippen LogP contribution < -0.4 is 14.4 Å². The van der Waals surface area contributed by atoms with E-state index >= 15 is 0 Å². The van der Waals surface area contributed by atoms with Crippen molar-refractivity contribution in [1.82, 2.24) is 9.62 Å². The number of rotatable bonds is 7. The fraction of sp³-hybridized carbons (Fsp3) is 0.455. The van der Waals surface area contributed by atoms with Crippen LogP contribution in [-0.2, 0) is 16.4 Å². The highest BCUT2D eigenvalue weighted by atomic mass is 32.2. The quantitative estimate of drug-likeness (QED) is 0.750. The highest BCUT2D eigenvalue weighted by molar-refractivity contribution is 7.89. The molecule has 0 spiro atoms. The summed E-state index contributed by atoms with van der Waals surface area (Å²) in [5.41, 5.74) is 4.26. The monoisotopic (exact) mass is 417 g/mol. The molecule has 0 aromatic heterocycles. The average molecular weight is 418 g/mol. The van der Waals surface area contributed by atoms with Crippen LogP contribution in [0.4, 0.5) is 5.69 Å². The van der Waals surface area contributed by atoms with Gasteiger partial charge in [-0.1, -0.05) is 12.1 Å². The van der Waals surface area contributed by atoms with Crippen LogP contribution in [-0.4, -0.2) is 60.2 Å². The molecule has 0 bridgehead atoms. The van der Waals surface area contributed by atoms with Gasteiger partial charge in [-0.3, -0.25) is 0 Å². The minimum atomic E-state index is -3.63. The van der Waals surface area contributed by atoms with Crippen molar-refractivity contribution in [2.24, 2.45) is 0 Å². The summed E-state index contributed by atoms with van der Waals surface area (Å²) in [5, 5.41) is 0. The molecule has 0 aliphatic carbocycles. The third-order valence-corrected chi connectivity index (χ3v) is 7.06. The summed E-state index contributed by atoms with van der Waals surface area (Å²) in [6, 6.07) is 11.8. The fourth-order valence-electron chi connectivity index (χ4n) is 3.48. The standard InChI is InChI=1S/C22H31N3O3S/c1-17-15-21(28-4)22(16-18(17)2)29(26,27)23-10-9-19-5-7-20(8-6-19)25-13-11-24(3)12-14-25/h5-8,15-16,23H,9-14H2,1-4H3. The molecule has 6 nitrogen and oxygen atoms in total. The third kappa shape index (κ3) is 5.29. The van der Waals surface area contributed by atoms with Gasteiger partial charge in [0, 0.05) is 38.4 Å². The molecule has 1 aliphatic heterocycles. The molecule has 3 rings (SSSR count). The minimum Gasteiger partial charge on any atom is -0.495 e. The summed E-state index contributed by atoms with van der Waals surface area (Å²) in [7, 11) is 0.00809. The molecule has 0 atom stereocenters. The maximum absolute atomic E-state index is 12.8. The summed E-state index contributed by atoms with van der Waals surface area (Å²) in [5.74, 6) is 0.372. The van der Waals surface area contributed by atoms with Crippen LogP contribution in [0.3, 0.4) is 0 Å². The summed E-state index contributed by atoms with van der Waals surface area (Å²) < 4.78 is 33.5. The highest BCUT2D eigenvalue weighted by Crippen LogP contribution is 2.27. The molecule has 2 aromatic carbocycles. The Morgan fingerprint density at radius 1 is 1.00 bits per heavy atom. The van der Waals surface area contributed by atoms with E-state index in [0.29, 0.717) is 18.7 Å². The molecule has 0 saturated carbocycles. The lowest BCUT2D eigenvalue weighted by Gasteiger charge is -2.34. The first-order chi connectivity index (χ1) is 13.8. The van der Waals surface area contributed by atoms with Crippen LogP contribution in [0, 0.1) is 13.8 Å². The van der Waals surface area contributed by atoms with Crippen molar-refractivity contribution < 1.29 is 13.2 Å². The number of methoxy groups -OCH3 is 1. The molecule has 0 amide bonds. The minimum absolute atomic E-state index is 0.188. The van der Waals surface area contributed by atoms with E-state index in [0.717, 1.165) is 42.9 Å². The number of hydrogen-bond donors (Lipinski definition) is 1. The van der Waals surface area contributed by atoms with Crippen molar-refractivity contribution >= 4 is 15.7 Å². The van der Waals surface area contributed by atoms with E-state index in [1.165, 1.54) is 12.8 Å². The van der Waals surface area contributed by atoms with Crippen molar-refractivity contribution in [2.45, 2.75) is 25.2 Å². The van der Waals surface area contributed by atoms with Gasteiger partial charge in [0.15, 0.2) is 0 Å². The number of anilines is 1. The topological polar surface area (TPSA) is 61.9 Å². The smallest absolute Gasteiger partial charge is 0.244 e. The Balaban J connectivity index is 1.60. The van der Waals surface area contributed by atoms with Crippen LogP contribution in [0.2, 0.25) is 0 Å². The normalized spacial score (nSPS) is 15.5. The zero-order valence-corrected chi connectivity index (χ0v) is 18.6. The molecule has 0 radical (unpaired) electrons. The Labute approximate surface area is 174 Å². The lowest BCUT2D eigenvalue weighted by Crippen LogP contribution is -2.44. The third-order valence-electron chi connectivity index (χ3n) is 5.58.